The van der Waals surface area contributed by atoms with Gasteiger partial charge in [0, 0.05) is 5.56 Å². The highest BCUT2D eigenvalue weighted by molar-refractivity contribution is 5.70. The van der Waals surface area contributed by atoms with Crippen molar-refractivity contribution in [2.75, 3.05) is 0 Å². The number of pyridine rings is 1. The molecule has 0 aliphatic heterocycles. The van der Waals surface area contributed by atoms with Crippen molar-refractivity contribution in [2.24, 2.45) is 0 Å². The molecule has 1 rings (SSSR count). The van der Waals surface area contributed by atoms with Crippen molar-refractivity contribution in [3.05, 3.63) is 33.2 Å². The molecule has 0 atom stereocenters. The monoisotopic (exact) mass is 217 g/mol. The highest BCUT2D eigenvalue weighted by Gasteiger charge is 2.14. The van der Waals surface area contributed by atoms with Gasteiger partial charge in [0.2, 0.25) is 0 Å². The first kappa shape index (κ1) is 11.4. The average Bonchev–Trinajstić information content (AvgIpc) is 2.10. The first-order valence-electron chi connectivity index (χ1n) is 4.14. The maximum atomic E-state index is 12.2. The Kier molecular flexibility index (Phi) is 3.18. The van der Waals surface area contributed by atoms with E-state index in [9.17, 15) is 18.4 Å². The fourth-order valence-electron chi connectivity index (χ4n) is 1.23. The Morgan fingerprint density at radius 3 is 2.60 bits per heavy atom. The van der Waals surface area contributed by atoms with Crippen molar-refractivity contribution in [3.8, 4) is 0 Å². The van der Waals surface area contributed by atoms with Crippen molar-refractivity contribution >= 4 is 5.97 Å². The quantitative estimate of drug-likeness (QED) is 0.800. The van der Waals surface area contributed by atoms with Gasteiger partial charge < -0.3 is 10.1 Å². The van der Waals surface area contributed by atoms with Gasteiger partial charge in [0.05, 0.1) is 12.1 Å². The summed E-state index contributed by atoms with van der Waals surface area (Å²) in [6, 6.07) is 1.09. The Bertz CT molecular complexity index is 439. The van der Waals surface area contributed by atoms with Crippen LogP contribution in [0.5, 0.6) is 0 Å². The number of H-pyrrole nitrogens is 1. The zero-order valence-corrected chi connectivity index (χ0v) is 7.88. The van der Waals surface area contributed by atoms with E-state index in [1.807, 2.05) is 4.98 Å². The van der Waals surface area contributed by atoms with Crippen LogP contribution in [0.4, 0.5) is 8.78 Å². The number of hydrogen-bond donors (Lipinski definition) is 2. The fraction of sp³-hybridized carbons (Fsp3) is 0.333. The van der Waals surface area contributed by atoms with Crippen LogP contribution in [-0.2, 0) is 11.2 Å². The number of halogens is 2. The zero-order chi connectivity index (χ0) is 11.6. The van der Waals surface area contributed by atoms with E-state index in [2.05, 4.69) is 0 Å². The van der Waals surface area contributed by atoms with Crippen LogP contribution in [0.2, 0.25) is 0 Å². The number of carboxylic acid groups (broad SMARTS) is 1. The molecule has 1 aromatic heterocycles. The molecule has 6 heteroatoms. The first-order valence-corrected chi connectivity index (χ1v) is 4.14. The second kappa shape index (κ2) is 4.20. The maximum Gasteiger partial charge on any atom is 0.308 e. The summed E-state index contributed by atoms with van der Waals surface area (Å²) in [5.41, 5.74) is -0.998. The van der Waals surface area contributed by atoms with E-state index >= 15 is 0 Å². The number of aliphatic carboxylic acids is 1. The minimum atomic E-state index is -2.77. The van der Waals surface area contributed by atoms with Crippen molar-refractivity contribution in [3.63, 3.8) is 0 Å². The highest BCUT2D eigenvalue weighted by atomic mass is 19.3. The molecule has 0 aliphatic carbocycles. The molecule has 15 heavy (non-hydrogen) atoms. The Morgan fingerprint density at radius 2 is 2.20 bits per heavy atom. The number of carbonyl (C=O) groups is 1. The van der Waals surface area contributed by atoms with Gasteiger partial charge in [-0.1, -0.05) is 0 Å². The lowest BCUT2D eigenvalue weighted by Gasteiger charge is -2.05. The number of aromatic nitrogens is 1. The van der Waals surface area contributed by atoms with Gasteiger partial charge in [-0.3, -0.25) is 9.59 Å². The smallest absolute Gasteiger partial charge is 0.308 e. The summed E-state index contributed by atoms with van der Waals surface area (Å²) in [7, 11) is 0. The summed E-state index contributed by atoms with van der Waals surface area (Å²) in [4.78, 5) is 23.6. The van der Waals surface area contributed by atoms with Crippen LogP contribution in [0.3, 0.4) is 0 Å². The molecular weight excluding hydrogens is 208 g/mol. The number of nitrogens with one attached hydrogen (secondary N) is 1. The van der Waals surface area contributed by atoms with Gasteiger partial charge in [-0.05, 0) is 18.6 Å². The lowest BCUT2D eigenvalue weighted by molar-refractivity contribution is -0.136. The number of hydrogen-bond acceptors (Lipinski definition) is 2. The molecule has 0 bridgehead atoms. The molecule has 0 saturated heterocycles. The van der Waals surface area contributed by atoms with Gasteiger partial charge in [-0.15, -0.1) is 0 Å². The summed E-state index contributed by atoms with van der Waals surface area (Å²) in [6.45, 7) is 1.43. The second-order valence-electron chi connectivity index (χ2n) is 3.09. The van der Waals surface area contributed by atoms with Crippen molar-refractivity contribution in [1.82, 2.24) is 4.98 Å². The van der Waals surface area contributed by atoms with E-state index in [4.69, 9.17) is 5.11 Å². The molecule has 2 N–H and O–H groups in total. The minimum absolute atomic E-state index is 0.00639. The van der Waals surface area contributed by atoms with E-state index in [0.29, 0.717) is 0 Å². The predicted molar refractivity (Wildman–Crippen MR) is 48.1 cm³/mol. The minimum Gasteiger partial charge on any atom is -0.481 e. The molecule has 0 spiro atoms. The van der Waals surface area contributed by atoms with Crippen LogP contribution < -0.4 is 5.56 Å². The van der Waals surface area contributed by atoms with Gasteiger partial charge in [0.25, 0.3) is 12.0 Å². The van der Waals surface area contributed by atoms with E-state index in [1.54, 1.807) is 0 Å². The summed E-state index contributed by atoms with van der Waals surface area (Å²) in [6.07, 6.45) is -3.24. The molecule has 0 radical (unpaired) electrons. The third-order valence-corrected chi connectivity index (χ3v) is 1.94. The molecular formula is C9H9F2NO3. The third kappa shape index (κ3) is 2.61. The van der Waals surface area contributed by atoms with Crippen molar-refractivity contribution in [2.45, 2.75) is 19.8 Å². The molecule has 0 aliphatic rings. The number of aromatic amines is 1. The third-order valence-electron chi connectivity index (χ3n) is 1.94. The standard InChI is InChI=1S/C9H9F2NO3/c1-4-2-6(8(10)11)12-9(15)5(4)3-7(13)14/h2,8H,3H2,1H3,(H,12,15)(H,13,14). The second-order valence-corrected chi connectivity index (χ2v) is 3.09. The van der Waals surface area contributed by atoms with Crippen LogP contribution in [-0.4, -0.2) is 16.1 Å². The van der Waals surface area contributed by atoms with E-state index in [0.717, 1.165) is 6.07 Å². The Labute approximate surface area is 83.6 Å². The van der Waals surface area contributed by atoms with Gasteiger partial charge >= 0.3 is 5.97 Å². The van der Waals surface area contributed by atoms with E-state index < -0.39 is 30.1 Å². The number of alkyl halides is 2. The molecule has 0 unspecified atom stereocenters. The predicted octanol–water partition coefficient (Wildman–Crippen LogP) is 1.25. The Balaban J connectivity index is 3.21. The van der Waals surface area contributed by atoms with Gasteiger partial charge in [0.1, 0.15) is 0 Å². The molecule has 0 aromatic carbocycles. The summed E-state index contributed by atoms with van der Waals surface area (Å²) < 4.78 is 24.5. The first-order chi connectivity index (χ1) is 6.91. The summed E-state index contributed by atoms with van der Waals surface area (Å²) >= 11 is 0. The lowest BCUT2D eigenvalue weighted by atomic mass is 10.1. The van der Waals surface area contributed by atoms with E-state index in [1.165, 1.54) is 6.92 Å². The SMILES string of the molecule is Cc1cc(C(F)F)[nH]c(=O)c1CC(=O)O. The zero-order valence-electron chi connectivity index (χ0n) is 7.88. The number of rotatable bonds is 3. The van der Waals surface area contributed by atoms with Crippen LogP contribution in [0, 0.1) is 6.92 Å². The number of carboxylic acids is 1. The lowest BCUT2D eigenvalue weighted by Crippen LogP contribution is -2.19. The molecule has 0 amide bonds. The molecule has 0 fully saturated rings. The Morgan fingerprint density at radius 1 is 1.60 bits per heavy atom. The van der Waals surface area contributed by atoms with Crippen LogP contribution in [0.15, 0.2) is 10.9 Å². The maximum absolute atomic E-state index is 12.2. The van der Waals surface area contributed by atoms with E-state index in [-0.39, 0.29) is 11.1 Å². The Hall–Kier alpha value is -1.72. The summed E-state index contributed by atoms with van der Waals surface area (Å²) in [5.74, 6) is -1.17. The normalized spacial score (nSPS) is 10.7. The van der Waals surface area contributed by atoms with Gasteiger partial charge in [-0.2, -0.15) is 0 Å². The van der Waals surface area contributed by atoms with Crippen molar-refractivity contribution < 1.29 is 18.7 Å². The van der Waals surface area contributed by atoms with Crippen LogP contribution in [0.1, 0.15) is 23.2 Å². The van der Waals surface area contributed by atoms with Crippen LogP contribution in [0.25, 0.3) is 0 Å². The molecule has 1 aromatic rings. The average molecular weight is 217 g/mol. The van der Waals surface area contributed by atoms with Crippen molar-refractivity contribution in [1.29, 1.82) is 0 Å². The van der Waals surface area contributed by atoms with Gasteiger partial charge in [-0.25, -0.2) is 8.78 Å². The highest BCUT2D eigenvalue weighted by Crippen LogP contribution is 2.16. The molecule has 4 nitrogen and oxygen atoms in total. The molecule has 0 saturated carbocycles. The van der Waals surface area contributed by atoms with Crippen LogP contribution >= 0.6 is 0 Å². The molecule has 82 valence electrons. The van der Waals surface area contributed by atoms with Gasteiger partial charge in [0.15, 0.2) is 0 Å². The summed E-state index contributed by atoms with van der Waals surface area (Å²) in [5, 5.41) is 8.49. The largest absolute Gasteiger partial charge is 0.481 e. The number of aryl methyl sites for hydroxylation is 1. The topological polar surface area (TPSA) is 70.2 Å². The fourth-order valence-corrected chi connectivity index (χ4v) is 1.23. The molecule has 1 heterocycles.